The number of sulfonamides is 2. The summed E-state index contributed by atoms with van der Waals surface area (Å²) in [6, 6.07) is 6.87. The molecule has 1 aromatic carbocycles. The molecule has 0 atom stereocenters. The van der Waals surface area contributed by atoms with Crippen LogP contribution >= 0.6 is 0 Å². The predicted octanol–water partition coefficient (Wildman–Crippen LogP) is 1.43. The van der Waals surface area contributed by atoms with Gasteiger partial charge in [0.2, 0.25) is 10.0 Å². The van der Waals surface area contributed by atoms with Gasteiger partial charge >= 0.3 is 0 Å². The lowest BCUT2D eigenvalue weighted by atomic mass is 10.3. The van der Waals surface area contributed by atoms with E-state index in [1.165, 1.54) is 55.1 Å². The highest BCUT2D eigenvalue weighted by Gasteiger charge is 2.22. The van der Waals surface area contributed by atoms with Crippen molar-refractivity contribution in [3.8, 4) is 11.5 Å². The van der Waals surface area contributed by atoms with Gasteiger partial charge in [0.15, 0.2) is 11.5 Å². The van der Waals surface area contributed by atoms with E-state index < -0.39 is 20.0 Å². The van der Waals surface area contributed by atoms with E-state index in [0.717, 1.165) is 0 Å². The number of methoxy groups -OCH3 is 2. The first-order valence-corrected chi connectivity index (χ1v) is 11.6. The normalized spacial score (nSPS) is 12.0. The fourth-order valence-electron chi connectivity index (χ4n) is 2.48. The summed E-state index contributed by atoms with van der Waals surface area (Å²) in [5.74, 6) is 0.790. The summed E-state index contributed by atoms with van der Waals surface area (Å²) in [7, 11) is -4.73. The standard InChI is InChI=1S/C17H24N4O6S2/c1-5-21(6-2)29(24,25)14-8-10-17(18-12-14)19-20-28(22,23)13-7-9-15(26-3)16(11-13)27-4/h7-12,20H,5-6H2,1-4H3,(H,18,19). The molecule has 0 saturated heterocycles. The van der Waals surface area contributed by atoms with Crippen LogP contribution in [0.25, 0.3) is 0 Å². The number of hydrazine groups is 1. The summed E-state index contributed by atoms with van der Waals surface area (Å²) in [6.45, 7) is 4.16. The Kier molecular flexibility index (Phi) is 7.41. The first-order valence-electron chi connectivity index (χ1n) is 8.65. The van der Waals surface area contributed by atoms with Gasteiger partial charge in [0.25, 0.3) is 10.0 Å². The molecular formula is C17H24N4O6S2. The van der Waals surface area contributed by atoms with Crippen molar-refractivity contribution in [1.82, 2.24) is 14.1 Å². The minimum Gasteiger partial charge on any atom is -0.493 e. The Morgan fingerprint density at radius 1 is 0.931 bits per heavy atom. The summed E-state index contributed by atoms with van der Waals surface area (Å²) in [4.78, 5) is 6.12. The minimum atomic E-state index is -3.94. The molecule has 10 nitrogen and oxygen atoms in total. The Bertz CT molecular complexity index is 1040. The van der Waals surface area contributed by atoms with Gasteiger partial charge in [-0.25, -0.2) is 21.8 Å². The molecule has 0 unspecified atom stereocenters. The largest absolute Gasteiger partial charge is 0.493 e. The molecule has 0 aliphatic carbocycles. The van der Waals surface area contributed by atoms with Gasteiger partial charge in [-0.1, -0.05) is 13.8 Å². The highest BCUT2D eigenvalue weighted by atomic mass is 32.2. The SMILES string of the molecule is CCN(CC)S(=O)(=O)c1ccc(NNS(=O)(=O)c2ccc(OC)c(OC)c2)nc1. The van der Waals surface area contributed by atoms with Crippen LogP contribution in [0.1, 0.15) is 13.8 Å². The molecule has 2 N–H and O–H groups in total. The van der Waals surface area contributed by atoms with Crippen LogP contribution in [0.15, 0.2) is 46.3 Å². The number of ether oxygens (including phenoxy) is 2. The summed E-state index contributed by atoms with van der Waals surface area (Å²) < 4.78 is 61.3. The van der Waals surface area contributed by atoms with E-state index in [-0.39, 0.29) is 21.4 Å². The van der Waals surface area contributed by atoms with Crippen LogP contribution in [0, 0.1) is 0 Å². The average Bonchev–Trinajstić information content (AvgIpc) is 2.72. The van der Waals surface area contributed by atoms with E-state index in [0.29, 0.717) is 18.8 Å². The second kappa shape index (κ2) is 9.39. The average molecular weight is 445 g/mol. The zero-order chi connectivity index (χ0) is 21.7. The number of rotatable bonds is 10. The topological polar surface area (TPSA) is 127 Å². The second-order valence-electron chi connectivity index (χ2n) is 5.72. The van der Waals surface area contributed by atoms with E-state index in [1.807, 2.05) is 0 Å². The smallest absolute Gasteiger partial charge is 0.257 e. The zero-order valence-electron chi connectivity index (χ0n) is 16.5. The van der Waals surface area contributed by atoms with E-state index in [1.54, 1.807) is 13.8 Å². The Morgan fingerprint density at radius 2 is 1.55 bits per heavy atom. The Morgan fingerprint density at radius 3 is 2.07 bits per heavy atom. The Labute approximate surface area is 170 Å². The van der Waals surface area contributed by atoms with Crippen LogP contribution in [0.3, 0.4) is 0 Å². The van der Waals surface area contributed by atoms with Crippen LogP contribution in [0.5, 0.6) is 11.5 Å². The first-order chi connectivity index (χ1) is 13.7. The van der Waals surface area contributed by atoms with Crippen molar-refractivity contribution in [3.63, 3.8) is 0 Å². The summed E-state index contributed by atoms with van der Waals surface area (Å²) in [5, 5.41) is 0. The molecule has 0 aliphatic heterocycles. The maximum absolute atomic E-state index is 12.5. The van der Waals surface area contributed by atoms with Crippen molar-refractivity contribution in [2.75, 3.05) is 32.7 Å². The molecular weight excluding hydrogens is 420 g/mol. The first kappa shape index (κ1) is 22.9. The van der Waals surface area contributed by atoms with Crippen LogP contribution in [0.2, 0.25) is 0 Å². The fourth-order valence-corrected chi connectivity index (χ4v) is 4.75. The quantitative estimate of drug-likeness (QED) is 0.527. The number of hydrogen-bond acceptors (Lipinski definition) is 8. The van der Waals surface area contributed by atoms with Crippen molar-refractivity contribution in [2.24, 2.45) is 0 Å². The second-order valence-corrected chi connectivity index (χ2v) is 9.34. The summed E-state index contributed by atoms with van der Waals surface area (Å²) >= 11 is 0. The molecule has 160 valence electrons. The maximum Gasteiger partial charge on any atom is 0.257 e. The summed E-state index contributed by atoms with van der Waals surface area (Å²) in [6.07, 6.45) is 1.17. The molecule has 0 spiro atoms. The molecule has 0 fully saturated rings. The van der Waals surface area contributed by atoms with Crippen LogP contribution in [-0.2, 0) is 20.0 Å². The van der Waals surface area contributed by atoms with Crippen LogP contribution in [0.4, 0.5) is 5.82 Å². The lowest BCUT2D eigenvalue weighted by Crippen LogP contribution is -2.31. The van der Waals surface area contributed by atoms with Gasteiger partial charge in [0.1, 0.15) is 10.7 Å². The number of pyridine rings is 1. The predicted molar refractivity (Wildman–Crippen MR) is 108 cm³/mol. The number of nitrogens with zero attached hydrogens (tertiary/aromatic N) is 2. The van der Waals surface area contributed by atoms with Crippen LogP contribution < -0.4 is 19.7 Å². The number of nitrogens with one attached hydrogen (secondary N) is 2. The number of anilines is 1. The van der Waals surface area contributed by atoms with Gasteiger partial charge in [0.05, 0.1) is 19.1 Å². The van der Waals surface area contributed by atoms with Gasteiger partial charge in [-0.3, -0.25) is 5.43 Å². The van der Waals surface area contributed by atoms with E-state index in [9.17, 15) is 16.8 Å². The molecule has 0 amide bonds. The molecule has 1 aromatic heterocycles. The van der Waals surface area contributed by atoms with Crippen molar-refractivity contribution in [3.05, 3.63) is 36.5 Å². The zero-order valence-corrected chi connectivity index (χ0v) is 18.2. The van der Waals surface area contributed by atoms with Gasteiger partial charge in [0, 0.05) is 25.4 Å². The Balaban J connectivity index is 2.15. The van der Waals surface area contributed by atoms with Crippen molar-refractivity contribution >= 4 is 25.9 Å². The molecule has 1 heterocycles. The number of hydrogen-bond donors (Lipinski definition) is 2. The Hall–Kier alpha value is -2.41. The van der Waals surface area contributed by atoms with Crippen molar-refractivity contribution in [2.45, 2.75) is 23.6 Å². The molecule has 0 aliphatic rings. The van der Waals surface area contributed by atoms with Gasteiger partial charge in [-0.2, -0.15) is 4.31 Å². The van der Waals surface area contributed by atoms with Gasteiger partial charge < -0.3 is 9.47 Å². The van der Waals surface area contributed by atoms with Gasteiger partial charge in [-0.05, 0) is 24.3 Å². The highest BCUT2D eigenvalue weighted by molar-refractivity contribution is 7.89. The molecule has 2 rings (SSSR count). The molecule has 29 heavy (non-hydrogen) atoms. The minimum absolute atomic E-state index is 0.0227. The van der Waals surface area contributed by atoms with Crippen LogP contribution in [-0.4, -0.2) is 53.4 Å². The maximum atomic E-state index is 12.5. The fraction of sp³-hybridized carbons (Fsp3) is 0.353. The van der Waals surface area contributed by atoms with E-state index in [4.69, 9.17) is 9.47 Å². The third kappa shape index (κ3) is 5.15. The van der Waals surface area contributed by atoms with E-state index in [2.05, 4.69) is 15.2 Å². The molecule has 2 aromatic rings. The lowest BCUT2D eigenvalue weighted by molar-refractivity contribution is 0.354. The summed E-state index contributed by atoms with van der Waals surface area (Å²) in [5.41, 5.74) is 2.46. The molecule has 0 radical (unpaired) electrons. The third-order valence-corrected chi connectivity index (χ3v) is 7.34. The molecule has 12 heteroatoms. The van der Waals surface area contributed by atoms with E-state index >= 15 is 0 Å². The molecule has 0 saturated carbocycles. The molecule has 0 bridgehead atoms. The third-order valence-electron chi connectivity index (χ3n) is 4.06. The lowest BCUT2D eigenvalue weighted by Gasteiger charge is -2.18. The number of aromatic nitrogens is 1. The number of benzene rings is 1. The van der Waals surface area contributed by atoms with Crippen molar-refractivity contribution in [1.29, 1.82) is 0 Å². The highest BCUT2D eigenvalue weighted by Crippen LogP contribution is 2.29. The monoisotopic (exact) mass is 444 g/mol. The van der Waals surface area contributed by atoms with Crippen molar-refractivity contribution < 1.29 is 26.3 Å². The van der Waals surface area contributed by atoms with Gasteiger partial charge in [-0.15, -0.1) is 4.83 Å².